The molecule has 0 heterocycles. The van der Waals surface area contributed by atoms with Gasteiger partial charge >= 0.3 is 0 Å². The molecular weight excluding hydrogens is 257 g/mol. The van der Waals surface area contributed by atoms with Gasteiger partial charge < -0.3 is 5.21 Å². The fraction of sp³-hybridized carbons (Fsp3) is 0. The molecule has 2 nitrogen and oxygen atoms in total. The van der Waals surface area contributed by atoms with Crippen LogP contribution in [0.2, 0.25) is 10.0 Å². The van der Waals surface area contributed by atoms with Crippen LogP contribution < -0.4 is 0 Å². The van der Waals surface area contributed by atoms with Gasteiger partial charge in [-0.1, -0.05) is 29.3 Å². The molecule has 0 bridgehead atoms. The van der Waals surface area contributed by atoms with E-state index in [-0.39, 0.29) is 0 Å². The van der Waals surface area contributed by atoms with Gasteiger partial charge in [-0.05, 0) is 30.3 Å². The molecule has 2 aromatic rings. The van der Waals surface area contributed by atoms with Gasteiger partial charge in [0.1, 0.15) is 0 Å². The quantitative estimate of drug-likeness (QED) is 0.345. The minimum absolute atomic E-state index is 0.493. The number of hydrogen-bond acceptors (Lipinski definition) is 1. The van der Waals surface area contributed by atoms with Crippen LogP contribution in [0.15, 0.2) is 48.5 Å². The highest BCUT2D eigenvalue weighted by Crippen LogP contribution is 2.17. The molecule has 0 aliphatic rings. The van der Waals surface area contributed by atoms with E-state index in [0.717, 1.165) is 10.3 Å². The lowest BCUT2D eigenvalue weighted by Crippen LogP contribution is -1.98. The van der Waals surface area contributed by atoms with Crippen LogP contribution in [0.3, 0.4) is 0 Å². The first-order valence-electron chi connectivity index (χ1n) is 4.97. The van der Waals surface area contributed by atoms with E-state index >= 15 is 0 Å². The van der Waals surface area contributed by atoms with Crippen molar-refractivity contribution in [2.45, 2.75) is 0 Å². The Balaban J connectivity index is 2.30. The molecule has 0 spiro atoms. The van der Waals surface area contributed by atoms with Crippen LogP contribution in [0.5, 0.6) is 0 Å². The van der Waals surface area contributed by atoms with Crippen LogP contribution in [0.1, 0.15) is 5.56 Å². The monoisotopic (exact) mass is 265 g/mol. The van der Waals surface area contributed by atoms with E-state index in [1.807, 2.05) is 0 Å². The van der Waals surface area contributed by atoms with Crippen molar-refractivity contribution < 1.29 is 4.74 Å². The van der Waals surface area contributed by atoms with Gasteiger partial charge in [0.05, 0.1) is 0 Å². The summed E-state index contributed by atoms with van der Waals surface area (Å²) in [4.78, 5) is 0. The minimum atomic E-state index is 0.493. The van der Waals surface area contributed by atoms with Crippen molar-refractivity contribution in [2.24, 2.45) is 0 Å². The highest BCUT2D eigenvalue weighted by atomic mass is 35.5. The average molecular weight is 266 g/mol. The van der Waals surface area contributed by atoms with E-state index in [0.29, 0.717) is 15.7 Å². The summed E-state index contributed by atoms with van der Waals surface area (Å²) in [5.41, 5.74) is 1.27. The lowest BCUT2D eigenvalue weighted by molar-refractivity contribution is -0.354. The third-order valence-electron chi connectivity index (χ3n) is 2.20. The maximum absolute atomic E-state index is 11.8. The number of rotatable bonds is 2. The summed E-state index contributed by atoms with van der Waals surface area (Å²) in [6.45, 7) is 0. The first-order chi connectivity index (χ1) is 8.15. The molecular formula is C13H9Cl2NO. The second-order valence-corrected chi connectivity index (χ2v) is 4.36. The van der Waals surface area contributed by atoms with Crippen LogP contribution >= 0.6 is 23.2 Å². The topological polar surface area (TPSA) is 26.1 Å². The van der Waals surface area contributed by atoms with Crippen LogP contribution in [0.4, 0.5) is 5.69 Å². The minimum Gasteiger partial charge on any atom is -0.618 e. The zero-order valence-corrected chi connectivity index (χ0v) is 10.3. The molecule has 0 saturated carbocycles. The van der Waals surface area contributed by atoms with Crippen molar-refractivity contribution in [3.05, 3.63) is 69.3 Å². The van der Waals surface area contributed by atoms with Crippen molar-refractivity contribution in [3.8, 4) is 0 Å². The molecule has 4 heteroatoms. The van der Waals surface area contributed by atoms with Gasteiger partial charge in [0, 0.05) is 27.7 Å². The Kier molecular flexibility index (Phi) is 3.67. The molecule has 0 radical (unpaired) electrons. The van der Waals surface area contributed by atoms with Crippen LogP contribution in [0.25, 0.3) is 0 Å². The highest BCUT2D eigenvalue weighted by Gasteiger charge is 2.02. The SMILES string of the molecule is [O-]/[N+](=C\c1ccc(Cl)cc1)c1cccc(Cl)c1. The summed E-state index contributed by atoms with van der Waals surface area (Å²) in [6, 6.07) is 13.8. The lowest BCUT2D eigenvalue weighted by Gasteiger charge is -2.03. The van der Waals surface area contributed by atoms with E-state index in [1.165, 1.54) is 6.21 Å². The first kappa shape index (κ1) is 12.0. The average Bonchev–Trinajstić information content (AvgIpc) is 2.32. The number of nitrogens with zero attached hydrogens (tertiary/aromatic N) is 1. The molecule has 17 heavy (non-hydrogen) atoms. The molecule has 0 atom stereocenters. The van der Waals surface area contributed by atoms with Gasteiger partial charge in [-0.2, -0.15) is 4.74 Å². The summed E-state index contributed by atoms with van der Waals surface area (Å²) in [6.07, 6.45) is 1.47. The van der Waals surface area contributed by atoms with E-state index < -0.39 is 0 Å². The third-order valence-corrected chi connectivity index (χ3v) is 2.69. The van der Waals surface area contributed by atoms with Gasteiger partial charge in [-0.3, -0.25) is 0 Å². The van der Waals surface area contributed by atoms with Crippen molar-refractivity contribution in [3.63, 3.8) is 0 Å². The molecule has 0 amide bonds. The molecule has 0 fully saturated rings. The molecule has 0 aliphatic heterocycles. The standard InChI is InChI=1S/C13H9Cl2NO/c14-11-6-4-10(5-7-11)9-16(17)13-3-1-2-12(15)8-13/h1-9H/b16-9-. The normalized spacial score (nSPS) is 11.5. The van der Waals surface area contributed by atoms with Gasteiger partial charge in [0.15, 0.2) is 6.21 Å². The van der Waals surface area contributed by atoms with Crippen LogP contribution in [0, 0.1) is 5.21 Å². The molecule has 0 saturated heterocycles. The van der Waals surface area contributed by atoms with E-state index in [1.54, 1.807) is 48.5 Å². The molecule has 0 aliphatic carbocycles. The van der Waals surface area contributed by atoms with Gasteiger partial charge in [0.25, 0.3) is 0 Å². The fourth-order valence-electron chi connectivity index (χ4n) is 1.37. The molecule has 0 aromatic heterocycles. The Morgan fingerprint density at radius 3 is 2.29 bits per heavy atom. The second kappa shape index (κ2) is 5.21. The molecule has 86 valence electrons. The number of hydrogen-bond donors (Lipinski definition) is 0. The summed E-state index contributed by atoms with van der Waals surface area (Å²) < 4.78 is 0.773. The Morgan fingerprint density at radius 2 is 1.65 bits per heavy atom. The number of halogens is 2. The van der Waals surface area contributed by atoms with Gasteiger partial charge in [-0.15, -0.1) is 0 Å². The van der Waals surface area contributed by atoms with Crippen molar-refractivity contribution in [1.82, 2.24) is 0 Å². The fourth-order valence-corrected chi connectivity index (χ4v) is 1.68. The highest BCUT2D eigenvalue weighted by molar-refractivity contribution is 6.31. The molecule has 0 N–H and O–H groups in total. The van der Waals surface area contributed by atoms with E-state index in [2.05, 4.69) is 0 Å². The van der Waals surface area contributed by atoms with Crippen molar-refractivity contribution in [2.75, 3.05) is 0 Å². The van der Waals surface area contributed by atoms with E-state index in [4.69, 9.17) is 23.2 Å². The Hall–Kier alpha value is -1.51. The summed E-state index contributed by atoms with van der Waals surface area (Å²) in [5, 5.41) is 13.0. The Labute approximate surface area is 109 Å². The summed E-state index contributed by atoms with van der Waals surface area (Å²) in [5.74, 6) is 0. The molecule has 2 rings (SSSR count). The Morgan fingerprint density at radius 1 is 0.941 bits per heavy atom. The maximum atomic E-state index is 11.8. The predicted molar refractivity (Wildman–Crippen MR) is 71.4 cm³/mol. The molecule has 2 aromatic carbocycles. The zero-order valence-electron chi connectivity index (χ0n) is 8.81. The van der Waals surface area contributed by atoms with Gasteiger partial charge in [-0.25, -0.2) is 0 Å². The van der Waals surface area contributed by atoms with Crippen molar-refractivity contribution in [1.29, 1.82) is 0 Å². The largest absolute Gasteiger partial charge is 0.618 e. The second-order valence-electron chi connectivity index (χ2n) is 3.49. The summed E-state index contributed by atoms with van der Waals surface area (Å²) in [7, 11) is 0. The van der Waals surface area contributed by atoms with Crippen LogP contribution in [-0.4, -0.2) is 11.0 Å². The smallest absolute Gasteiger partial charge is 0.217 e. The van der Waals surface area contributed by atoms with Crippen molar-refractivity contribution >= 4 is 35.1 Å². The molecule has 0 unspecified atom stereocenters. The summed E-state index contributed by atoms with van der Waals surface area (Å²) >= 11 is 11.6. The van der Waals surface area contributed by atoms with Crippen LogP contribution in [-0.2, 0) is 0 Å². The lowest BCUT2D eigenvalue weighted by atomic mass is 10.2. The maximum Gasteiger partial charge on any atom is 0.217 e. The Bertz CT molecular complexity index is 550. The third kappa shape index (κ3) is 3.22. The number of benzene rings is 2. The zero-order chi connectivity index (χ0) is 12.3. The van der Waals surface area contributed by atoms with E-state index in [9.17, 15) is 5.21 Å². The van der Waals surface area contributed by atoms with Gasteiger partial charge in [0.2, 0.25) is 5.69 Å². The predicted octanol–water partition coefficient (Wildman–Crippen LogP) is 4.25. The first-order valence-corrected chi connectivity index (χ1v) is 5.73.